The second-order valence-electron chi connectivity index (χ2n) is 5.36. The van der Waals surface area contributed by atoms with Crippen molar-refractivity contribution in [2.45, 2.75) is 38.0 Å². The summed E-state index contributed by atoms with van der Waals surface area (Å²) in [5.41, 5.74) is -0.940. The number of aliphatic carboxylic acids is 1. The molecule has 1 aliphatic heterocycles. The number of benzene rings is 1. The van der Waals surface area contributed by atoms with Crippen LogP contribution in [0.25, 0.3) is 0 Å². The van der Waals surface area contributed by atoms with Crippen LogP contribution in [0.4, 0.5) is 4.79 Å². The zero-order valence-electron chi connectivity index (χ0n) is 12.9. The first kappa shape index (κ1) is 16.3. The lowest BCUT2D eigenvalue weighted by atomic mass is 9.89. The molecule has 0 aliphatic carbocycles. The van der Waals surface area contributed by atoms with Crippen LogP contribution in [0.2, 0.25) is 0 Å². The zero-order valence-corrected chi connectivity index (χ0v) is 12.9. The van der Waals surface area contributed by atoms with Gasteiger partial charge in [-0.05, 0) is 18.4 Å². The predicted molar refractivity (Wildman–Crippen MR) is 81.3 cm³/mol. The molecule has 1 aliphatic rings. The average Bonchev–Trinajstić information content (AvgIpc) is 2.93. The molecule has 6 heteroatoms. The Morgan fingerprint density at radius 1 is 1.41 bits per heavy atom. The molecular formula is C16H22N2O4. The first-order valence-electron chi connectivity index (χ1n) is 7.49. The Kier molecular flexibility index (Phi) is 5.03. The van der Waals surface area contributed by atoms with E-state index in [4.69, 9.17) is 4.74 Å². The number of hydrogen-bond donors (Lipinski definition) is 2. The molecule has 120 valence electrons. The molecule has 2 N–H and O–H groups in total. The van der Waals surface area contributed by atoms with Crippen LogP contribution >= 0.6 is 0 Å². The Morgan fingerprint density at radius 3 is 2.64 bits per heavy atom. The quantitative estimate of drug-likeness (QED) is 0.873. The topological polar surface area (TPSA) is 78.9 Å². The Balaban J connectivity index is 2.47. The van der Waals surface area contributed by atoms with E-state index in [0.29, 0.717) is 12.0 Å². The van der Waals surface area contributed by atoms with Gasteiger partial charge in [0.05, 0.1) is 6.61 Å². The largest absolute Gasteiger partial charge is 0.479 e. The number of ether oxygens (including phenoxy) is 1. The van der Waals surface area contributed by atoms with Crippen molar-refractivity contribution in [1.29, 1.82) is 0 Å². The van der Waals surface area contributed by atoms with Gasteiger partial charge < -0.3 is 15.2 Å². The summed E-state index contributed by atoms with van der Waals surface area (Å²) >= 11 is 0. The van der Waals surface area contributed by atoms with Crippen LogP contribution in [0, 0.1) is 0 Å². The van der Waals surface area contributed by atoms with E-state index in [1.54, 1.807) is 24.3 Å². The third kappa shape index (κ3) is 2.66. The average molecular weight is 306 g/mol. The molecule has 0 saturated carbocycles. The molecule has 2 amide bonds. The maximum absolute atomic E-state index is 12.4. The fourth-order valence-corrected chi connectivity index (χ4v) is 2.85. The van der Waals surface area contributed by atoms with Crippen molar-refractivity contribution < 1.29 is 19.4 Å². The van der Waals surface area contributed by atoms with E-state index in [2.05, 4.69) is 5.32 Å². The minimum Gasteiger partial charge on any atom is -0.479 e. The summed E-state index contributed by atoms with van der Waals surface area (Å²) in [6, 6.07) is 8.34. The highest BCUT2D eigenvalue weighted by Gasteiger charge is 2.56. The molecule has 1 aromatic carbocycles. The van der Waals surface area contributed by atoms with Gasteiger partial charge in [0.1, 0.15) is 6.23 Å². The third-order valence-electron chi connectivity index (χ3n) is 4.03. The second kappa shape index (κ2) is 6.79. The number of rotatable bonds is 5. The smallest absolute Gasteiger partial charge is 0.336 e. The number of carboxylic acid groups (broad SMARTS) is 1. The molecule has 1 heterocycles. The van der Waals surface area contributed by atoms with E-state index in [1.165, 1.54) is 11.9 Å². The molecule has 2 rings (SSSR count). The Morgan fingerprint density at radius 2 is 2.09 bits per heavy atom. The van der Waals surface area contributed by atoms with Crippen molar-refractivity contribution >= 4 is 12.0 Å². The van der Waals surface area contributed by atoms with E-state index < -0.39 is 23.8 Å². The normalized spacial score (nSPS) is 24.3. The lowest BCUT2D eigenvalue weighted by molar-refractivity contribution is -0.148. The van der Waals surface area contributed by atoms with Gasteiger partial charge in [0.2, 0.25) is 0 Å². The number of carbonyl (C=O) groups excluding carboxylic acids is 1. The summed E-state index contributed by atoms with van der Waals surface area (Å²) in [4.78, 5) is 25.8. The number of carboxylic acids is 1. The minimum atomic E-state index is -1.49. The van der Waals surface area contributed by atoms with E-state index in [1.807, 2.05) is 13.0 Å². The van der Waals surface area contributed by atoms with Crippen LogP contribution in [-0.4, -0.2) is 41.9 Å². The Hall–Kier alpha value is -2.08. The summed E-state index contributed by atoms with van der Waals surface area (Å²) in [7, 11) is 1.50. The van der Waals surface area contributed by atoms with Crippen molar-refractivity contribution in [2.24, 2.45) is 0 Å². The number of hydrogen-bond acceptors (Lipinski definition) is 3. The van der Waals surface area contributed by atoms with Gasteiger partial charge in [-0.2, -0.15) is 0 Å². The minimum absolute atomic E-state index is 0.0475. The third-order valence-corrected chi connectivity index (χ3v) is 4.03. The summed E-state index contributed by atoms with van der Waals surface area (Å²) in [5, 5.41) is 12.4. The lowest BCUT2D eigenvalue weighted by Gasteiger charge is -2.35. The van der Waals surface area contributed by atoms with Crippen molar-refractivity contribution in [3.8, 4) is 0 Å². The zero-order chi connectivity index (χ0) is 16.2. The van der Waals surface area contributed by atoms with E-state index >= 15 is 0 Å². The van der Waals surface area contributed by atoms with Crippen LogP contribution in [0.5, 0.6) is 0 Å². The van der Waals surface area contributed by atoms with Gasteiger partial charge in [0.15, 0.2) is 5.54 Å². The molecule has 2 atom stereocenters. The summed E-state index contributed by atoms with van der Waals surface area (Å²) in [6.07, 6.45) is 1.90. The number of nitrogens with zero attached hydrogens (tertiary/aromatic N) is 1. The van der Waals surface area contributed by atoms with Gasteiger partial charge in [-0.3, -0.25) is 4.90 Å². The number of amides is 2. The monoisotopic (exact) mass is 306 g/mol. The molecule has 1 aromatic rings. The second-order valence-corrected chi connectivity index (χ2v) is 5.36. The predicted octanol–water partition coefficient (Wildman–Crippen LogP) is 2.15. The summed E-state index contributed by atoms with van der Waals surface area (Å²) in [5.74, 6) is -1.08. The van der Waals surface area contributed by atoms with Crippen LogP contribution in [-0.2, 0) is 15.1 Å². The molecule has 6 nitrogen and oxygen atoms in total. The van der Waals surface area contributed by atoms with E-state index in [9.17, 15) is 14.7 Å². The van der Waals surface area contributed by atoms with Crippen LogP contribution in [0.3, 0.4) is 0 Å². The Bertz CT molecular complexity index is 534. The van der Waals surface area contributed by atoms with Crippen LogP contribution in [0.15, 0.2) is 30.3 Å². The molecule has 1 saturated heterocycles. The fraction of sp³-hybridized carbons (Fsp3) is 0.500. The fourth-order valence-electron chi connectivity index (χ4n) is 2.85. The molecule has 0 aromatic heterocycles. The number of urea groups is 1. The van der Waals surface area contributed by atoms with Crippen LogP contribution < -0.4 is 5.32 Å². The first-order chi connectivity index (χ1) is 10.6. The molecular weight excluding hydrogens is 284 g/mol. The highest BCUT2D eigenvalue weighted by atomic mass is 16.5. The van der Waals surface area contributed by atoms with Gasteiger partial charge >= 0.3 is 12.0 Å². The number of unbranched alkanes of at least 4 members (excludes halogenated alkanes) is 1. The van der Waals surface area contributed by atoms with E-state index in [-0.39, 0.29) is 6.61 Å². The van der Waals surface area contributed by atoms with Gasteiger partial charge in [-0.1, -0.05) is 43.7 Å². The first-order valence-corrected chi connectivity index (χ1v) is 7.49. The van der Waals surface area contributed by atoms with Gasteiger partial charge in [-0.25, -0.2) is 9.59 Å². The summed E-state index contributed by atoms with van der Waals surface area (Å²) in [6.45, 7) is 2.00. The standard InChI is InChI=1S/C16H22N2O4/c1-3-4-10-13-18(15(21)17-2)16(11-22-13,14(19)20)12-8-6-5-7-9-12/h5-9,13H,3-4,10-11H2,1-2H3,(H,17,21)(H,19,20). The van der Waals surface area contributed by atoms with E-state index in [0.717, 1.165) is 12.8 Å². The van der Waals surface area contributed by atoms with Gasteiger partial charge in [0, 0.05) is 7.05 Å². The molecule has 0 radical (unpaired) electrons. The summed E-state index contributed by atoms with van der Waals surface area (Å²) < 4.78 is 5.71. The molecule has 0 spiro atoms. The molecule has 22 heavy (non-hydrogen) atoms. The number of nitrogens with one attached hydrogen (secondary N) is 1. The highest BCUT2D eigenvalue weighted by Crippen LogP contribution is 2.38. The van der Waals surface area contributed by atoms with Gasteiger partial charge in [0.25, 0.3) is 0 Å². The Labute approximate surface area is 130 Å². The van der Waals surface area contributed by atoms with Crippen molar-refractivity contribution in [3.63, 3.8) is 0 Å². The van der Waals surface area contributed by atoms with Crippen LogP contribution in [0.1, 0.15) is 31.7 Å². The maximum atomic E-state index is 12.4. The van der Waals surface area contributed by atoms with Crippen molar-refractivity contribution in [3.05, 3.63) is 35.9 Å². The van der Waals surface area contributed by atoms with Gasteiger partial charge in [-0.15, -0.1) is 0 Å². The lowest BCUT2D eigenvalue weighted by Crippen LogP contribution is -2.57. The SMILES string of the molecule is CCCCC1OCC(C(=O)O)(c2ccccc2)N1C(=O)NC. The van der Waals surface area contributed by atoms with Crippen molar-refractivity contribution in [2.75, 3.05) is 13.7 Å². The highest BCUT2D eigenvalue weighted by molar-refractivity contribution is 5.88. The van der Waals surface area contributed by atoms with Crippen molar-refractivity contribution in [1.82, 2.24) is 10.2 Å². The molecule has 0 bridgehead atoms. The molecule has 2 unspecified atom stereocenters. The number of carbonyl (C=O) groups is 2. The molecule has 1 fully saturated rings. The maximum Gasteiger partial charge on any atom is 0.336 e.